The molecule has 1 aliphatic heterocycles. The molecule has 4 rings (SSSR count). The number of nitrogens with one attached hydrogen (secondary N) is 1. The van der Waals surface area contributed by atoms with Crippen LogP contribution in [0.2, 0.25) is 0 Å². The number of rotatable bonds is 4. The number of hydrogen-bond acceptors (Lipinski definition) is 5. The van der Waals surface area contributed by atoms with Gasteiger partial charge in [0.2, 0.25) is 0 Å². The number of benzene rings is 2. The van der Waals surface area contributed by atoms with Crippen molar-refractivity contribution in [3.63, 3.8) is 0 Å². The Kier molecular flexibility index (Phi) is 7.02. The van der Waals surface area contributed by atoms with Gasteiger partial charge in [0.1, 0.15) is 17.4 Å². The summed E-state index contributed by atoms with van der Waals surface area (Å²) in [7, 11) is 3.41. The normalized spacial score (nSPS) is 12.0. The van der Waals surface area contributed by atoms with Crippen LogP contribution in [0.4, 0.5) is 25.8 Å². The molecule has 0 saturated heterocycles. The van der Waals surface area contributed by atoms with Crippen molar-refractivity contribution in [1.82, 2.24) is 4.98 Å². The molecule has 0 atom stereocenters. The number of carboxylic acid groups (broad SMARTS) is 1. The zero-order chi connectivity index (χ0) is 22.4. The third-order valence-electron chi connectivity index (χ3n) is 4.88. The molecule has 2 aromatic carbocycles. The van der Waals surface area contributed by atoms with Crippen LogP contribution in [0.3, 0.4) is 0 Å². The lowest BCUT2D eigenvalue weighted by molar-refractivity contribution is 0.0698. The molecule has 31 heavy (non-hydrogen) atoms. The first-order valence-electron chi connectivity index (χ1n) is 9.70. The summed E-state index contributed by atoms with van der Waals surface area (Å²) < 4.78 is 32.4. The van der Waals surface area contributed by atoms with Crippen LogP contribution in [0.1, 0.15) is 22.3 Å². The minimum atomic E-state index is -0.947. The molecule has 1 aromatic heterocycles. The SMILES string of the molecule is CN(c1ccc2c(c1)OCCC2)c1ccc(F)cc1F.CNc1cnccc1C(=O)O. The molecule has 0 saturated carbocycles. The average Bonchev–Trinajstić information content (AvgIpc) is 2.78. The largest absolute Gasteiger partial charge is 0.493 e. The molecule has 0 spiro atoms. The summed E-state index contributed by atoms with van der Waals surface area (Å²) >= 11 is 0. The van der Waals surface area contributed by atoms with E-state index in [4.69, 9.17) is 9.84 Å². The molecular formula is C23H23F2N3O3. The van der Waals surface area contributed by atoms with Crippen LogP contribution in [0.5, 0.6) is 5.75 Å². The van der Waals surface area contributed by atoms with Crippen molar-refractivity contribution in [3.05, 3.63) is 77.6 Å². The zero-order valence-corrected chi connectivity index (χ0v) is 17.2. The molecule has 162 valence electrons. The molecule has 0 radical (unpaired) electrons. The predicted octanol–water partition coefficient (Wildman–Crippen LogP) is 4.88. The van der Waals surface area contributed by atoms with E-state index >= 15 is 0 Å². The number of nitrogens with zero attached hydrogens (tertiary/aromatic N) is 2. The number of aryl methyl sites for hydroxylation is 1. The first-order chi connectivity index (χ1) is 14.9. The smallest absolute Gasteiger partial charge is 0.337 e. The Hall–Kier alpha value is -3.68. The average molecular weight is 427 g/mol. The highest BCUT2D eigenvalue weighted by Crippen LogP contribution is 2.33. The summed E-state index contributed by atoms with van der Waals surface area (Å²) in [5.74, 6) is -1.25. The second kappa shape index (κ2) is 9.88. The quantitative estimate of drug-likeness (QED) is 0.618. The Labute approximate surface area is 179 Å². The molecule has 2 heterocycles. The highest BCUT2D eigenvalue weighted by Gasteiger charge is 2.15. The lowest BCUT2D eigenvalue weighted by atomic mass is 10.1. The molecule has 0 amide bonds. The fourth-order valence-electron chi connectivity index (χ4n) is 3.21. The van der Waals surface area contributed by atoms with E-state index in [9.17, 15) is 13.6 Å². The third kappa shape index (κ3) is 5.28. The number of ether oxygens (including phenoxy) is 1. The minimum Gasteiger partial charge on any atom is -0.493 e. The van der Waals surface area contributed by atoms with Crippen molar-refractivity contribution in [2.75, 3.05) is 30.9 Å². The van der Waals surface area contributed by atoms with Gasteiger partial charge in [-0.2, -0.15) is 0 Å². The molecule has 0 unspecified atom stereocenters. The maximum absolute atomic E-state index is 13.8. The van der Waals surface area contributed by atoms with Crippen LogP contribution in [-0.4, -0.2) is 36.8 Å². The van der Waals surface area contributed by atoms with Gasteiger partial charge in [-0.1, -0.05) is 6.07 Å². The topological polar surface area (TPSA) is 74.7 Å². The number of carboxylic acids is 1. The van der Waals surface area contributed by atoms with Gasteiger partial charge in [-0.25, -0.2) is 13.6 Å². The van der Waals surface area contributed by atoms with E-state index in [1.54, 1.807) is 19.0 Å². The van der Waals surface area contributed by atoms with Gasteiger partial charge in [0.05, 0.1) is 29.7 Å². The lowest BCUT2D eigenvalue weighted by Crippen LogP contribution is -2.13. The number of carbonyl (C=O) groups is 1. The highest BCUT2D eigenvalue weighted by molar-refractivity contribution is 5.93. The summed E-state index contributed by atoms with van der Waals surface area (Å²) in [5, 5.41) is 11.4. The van der Waals surface area contributed by atoms with Crippen molar-refractivity contribution in [1.29, 1.82) is 0 Å². The molecule has 6 nitrogen and oxygen atoms in total. The van der Waals surface area contributed by atoms with Crippen molar-refractivity contribution < 1.29 is 23.4 Å². The van der Waals surface area contributed by atoms with Gasteiger partial charge in [-0.05, 0) is 42.7 Å². The maximum Gasteiger partial charge on any atom is 0.337 e. The lowest BCUT2D eigenvalue weighted by Gasteiger charge is -2.23. The van der Waals surface area contributed by atoms with Crippen LogP contribution in [0.15, 0.2) is 54.9 Å². The standard InChI is InChI=1S/C16H15F2NO.C7H8N2O2/c1-19(15-7-5-12(17)9-14(15)18)13-6-4-11-3-2-8-20-16(11)10-13;1-8-6-4-9-3-2-5(6)7(10)11/h4-7,9-10H,2-3,8H2,1H3;2-4,8H,1H3,(H,10,11). The predicted molar refractivity (Wildman–Crippen MR) is 115 cm³/mol. The summed E-state index contributed by atoms with van der Waals surface area (Å²) in [6, 6.07) is 10.9. The van der Waals surface area contributed by atoms with Crippen LogP contribution in [0, 0.1) is 11.6 Å². The van der Waals surface area contributed by atoms with Gasteiger partial charge in [-0.15, -0.1) is 0 Å². The van der Waals surface area contributed by atoms with Crippen LogP contribution >= 0.6 is 0 Å². The van der Waals surface area contributed by atoms with Gasteiger partial charge in [0.25, 0.3) is 0 Å². The van der Waals surface area contributed by atoms with Gasteiger partial charge in [0.15, 0.2) is 0 Å². The molecular weight excluding hydrogens is 404 g/mol. The Balaban J connectivity index is 0.000000210. The Morgan fingerprint density at radius 3 is 2.68 bits per heavy atom. The number of anilines is 3. The van der Waals surface area contributed by atoms with E-state index in [2.05, 4.69) is 10.3 Å². The summed E-state index contributed by atoms with van der Waals surface area (Å²) in [6.45, 7) is 0.713. The van der Waals surface area contributed by atoms with E-state index in [1.807, 2.05) is 18.2 Å². The number of halogens is 2. The summed E-state index contributed by atoms with van der Waals surface area (Å²) in [6.07, 6.45) is 4.95. The molecule has 2 N–H and O–H groups in total. The molecule has 0 bridgehead atoms. The zero-order valence-electron chi connectivity index (χ0n) is 17.2. The van der Waals surface area contributed by atoms with Gasteiger partial charge in [-0.3, -0.25) is 4.98 Å². The second-order valence-corrected chi connectivity index (χ2v) is 6.88. The Morgan fingerprint density at radius 1 is 1.19 bits per heavy atom. The molecule has 8 heteroatoms. The van der Waals surface area contributed by atoms with Crippen molar-refractivity contribution in [3.8, 4) is 5.75 Å². The monoisotopic (exact) mass is 427 g/mol. The Bertz CT molecular complexity index is 1080. The van der Waals surface area contributed by atoms with E-state index < -0.39 is 17.6 Å². The van der Waals surface area contributed by atoms with E-state index in [0.717, 1.165) is 30.3 Å². The first kappa shape index (κ1) is 22.0. The van der Waals surface area contributed by atoms with E-state index in [-0.39, 0.29) is 5.56 Å². The number of hydrogen-bond donors (Lipinski definition) is 2. The highest BCUT2D eigenvalue weighted by atomic mass is 19.1. The number of fused-ring (bicyclic) bond motifs is 1. The van der Waals surface area contributed by atoms with Gasteiger partial charge >= 0.3 is 5.97 Å². The maximum atomic E-state index is 13.8. The third-order valence-corrected chi connectivity index (χ3v) is 4.88. The summed E-state index contributed by atoms with van der Waals surface area (Å²) in [4.78, 5) is 16.0. The van der Waals surface area contributed by atoms with Crippen molar-refractivity contribution in [2.45, 2.75) is 12.8 Å². The van der Waals surface area contributed by atoms with Crippen LogP contribution in [-0.2, 0) is 6.42 Å². The van der Waals surface area contributed by atoms with E-state index in [1.165, 1.54) is 36.2 Å². The van der Waals surface area contributed by atoms with Crippen molar-refractivity contribution in [2.24, 2.45) is 0 Å². The van der Waals surface area contributed by atoms with Crippen LogP contribution in [0.25, 0.3) is 0 Å². The minimum absolute atomic E-state index is 0.238. The first-order valence-corrected chi connectivity index (χ1v) is 9.70. The fraction of sp³-hybridized carbons (Fsp3) is 0.217. The van der Waals surface area contributed by atoms with Gasteiger partial charge in [0, 0.05) is 38.1 Å². The molecule has 1 aliphatic rings. The number of aromatic nitrogens is 1. The number of pyridine rings is 1. The fourth-order valence-corrected chi connectivity index (χ4v) is 3.21. The van der Waals surface area contributed by atoms with Gasteiger partial charge < -0.3 is 20.1 Å². The Morgan fingerprint density at radius 2 is 2.00 bits per heavy atom. The molecule has 0 fully saturated rings. The van der Waals surface area contributed by atoms with Crippen LogP contribution < -0.4 is 15.0 Å². The summed E-state index contributed by atoms with van der Waals surface area (Å²) in [5.41, 5.74) is 3.09. The second-order valence-electron chi connectivity index (χ2n) is 6.88. The molecule has 0 aliphatic carbocycles. The number of aromatic carboxylic acids is 1. The molecule has 3 aromatic rings. The van der Waals surface area contributed by atoms with Crippen molar-refractivity contribution >= 4 is 23.0 Å². The van der Waals surface area contributed by atoms with E-state index in [0.29, 0.717) is 18.0 Å².